The van der Waals surface area contributed by atoms with Gasteiger partial charge in [0, 0.05) is 26.1 Å². The number of ether oxygens (including phenoxy) is 2. The molecule has 2 aliphatic rings. The number of amides is 1. The molecule has 2 N–H and O–H groups in total. The molecule has 5 nitrogen and oxygen atoms in total. The summed E-state index contributed by atoms with van der Waals surface area (Å²) in [5.74, 6) is -0.00518. The number of rotatable bonds is 3. The second-order valence-electron chi connectivity index (χ2n) is 6.16. The Labute approximate surface area is 137 Å². The van der Waals surface area contributed by atoms with Crippen LogP contribution < -0.4 is 5.73 Å². The zero-order valence-electron chi connectivity index (χ0n) is 13.5. The largest absolute Gasteiger partial charge is 0.377 e. The number of fused-ring (bicyclic) bond motifs is 1. The molecule has 0 saturated carbocycles. The Hall–Kier alpha value is -1.69. The molecule has 1 aromatic rings. The predicted molar refractivity (Wildman–Crippen MR) is 87.9 cm³/mol. The van der Waals surface area contributed by atoms with Crippen molar-refractivity contribution in [2.24, 2.45) is 5.73 Å². The number of hydrogen-bond acceptors (Lipinski definition) is 4. The standard InChI is InChI=1S/C18H24N2O3/c1-3-15-13-7-5-4-6-12(13)8-9-20(15)18(21)16-10-14(19)17(22-2)11-23-16/h3-7,14-17H,1,8-11,19H2,2H3/t14-,15+,16-,17-/m1/s1. The first kappa shape index (κ1) is 16.2. The van der Waals surface area contributed by atoms with Crippen molar-refractivity contribution in [3.8, 4) is 0 Å². The lowest BCUT2D eigenvalue weighted by atomic mass is 9.91. The first-order chi connectivity index (χ1) is 11.2. The summed E-state index contributed by atoms with van der Waals surface area (Å²) in [5.41, 5.74) is 8.52. The molecule has 4 atom stereocenters. The number of nitrogens with two attached hydrogens (primary N) is 1. The van der Waals surface area contributed by atoms with Crippen LogP contribution in [0.4, 0.5) is 0 Å². The molecule has 0 aromatic heterocycles. The molecule has 0 radical (unpaired) electrons. The van der Waals surface area contributed by atoms with Crippen molar-refractivity contribution in [1.29, 1.82) is 0 Å². The minimum Gasteiger partial charge on any atom is -0.377 e. The van der Waals surface area contributed by atoms with Gasteiger partial charge < -0.3 is 20.1 Å². The van der Waals surface area contributed by atoms with Gasteiger partial charge in [-0.25, -0.2) is 0 Å². The second kappa shape index (κ2) is 6.83. The van der Waals surface area contributed by atoms with E-state index >= 15 is 0 Å². The smallest absolute Gasteiger partial charge is 0.252 e. The lowest BCUT2D eigenvalue weighted by Gasteiger charge is -2.40. The Bertz CT molecular complexity index is 589. The van der Waals surface area contributed by atoms with Gasteiger partial charge in [0.05, 0.1) is 18.8 Å². The monoisotopic (exact) mass is 316 g/mol. The van der Waals surface area contributed by atoms with Crippen LogP contribution in [0.3, 0.4) is 0 Å². The van der Waals surface area contributed by atoms with E-state index in [1.807, 2.05) is 23.1 Å². The molecule has 1 amide bonds. The molecule has 2 aliphatic heterocycles. The van der Waals surface area contributed by atoms with Crippen LogP contribution in [0.5, 0.6) is 0 Å². The summed E-state index contributed by atoms with van der Waals surface area (Å²) in [6.45, 7) is 4.96. The minimum absolute atomic E-state index is 0.00518. The van der Waals surface area contributed by atoms with Crippen LogP contribution in [0.25, 0.3) is 0 Å². The number of hydrogen-bond donors (Lipinski definition) is 1. The maximum atomic E-state index is 12.9. The van der Waals surface area contributed by atoms with Crippen molar-refractivity contribution < 1.29 is 14.3 Å². The maximum absolute atomic E-state index is 12.9. The minimum atomic E-state index is -0.496. The van der Waals surface area contributed by atoms with Crippen molar-refractivity contribution in [1.82, 2.24) is 4.90 Å². The van der Waals surface area contributed by atoms with Crippen LogP contribution in [-0.2, 0) is 20.7 Å². The summed E-state index contributed by atoms with van der Waals surface area (Å²) in [6, 6.07) is 7.93. The van der Waals surface area contributed by atoms with Crippen LogP contribution in [0, 0.1) is 0 Å². The fourth-order valence-electron chi connectivity index (χ4n) is 3.50. The molecule has 0 aliphatic carbocycles. The van der Waals surface area contributed by atoms with Crippen LogP contribution >= 0.6 is 0 Å². The van der Waals surface area contributed by atoms with E-state index in [1.165, 1.54) is 5.56 Å². The lowest BCUT2D eigenvalue weighted by Crippen LogP contribution is -2.53. The van der Waals surface area contributed by atoms with Crippen LogP contribution in [0.2, 0.25) is 0 Å². The molecule has 1 saturated heterocycles. The fourth-order valence-corrected chi connectivity index (χ4v) is 3.50. The molecular weight excluding hydrogens is 292 g/mol. The molecule has 124 valence electrons. The first-order valence-corrected chi connectivity index (χ1v) is 8.06. The third-order valence-electron chi connectivity index (χ3n) is 4.84. The third-order valence-corrected chi connectivity index (χ3v) is 4.84. The van der Waals surface area contributed by atoms with Crippen LogP contribution in [0.1, 0.15) is 23.6 Å². The van der Waals surface area contributed by atoms with Gasteiger partial charge in [-0.15, -0.1) is 6.58 Å². The van der Waals surface area contributed by atoms with Gasteiger partial charge in [0.1, 0.15) is 6.10 Å². The third kappa shape index (κ3) is 3.04. The van der Waals surface area contributed by atoms with Crippen molar-refractivity contribution >= 4 is 5.91 Å². The van der Waals surface area contributed by atoms with Crippen LogP contribution in [-0.4, -0.2) is 49.3 Å². The molecule has 5 heteroatoms. The van der Waals surface area contributed by atoms with Gasteiger partial charge >= 0.3 is 0 Å². The number of carbonyl (C=O) groups excluding carboxylic acids is 1. The van der Waals surface area contributed by atoms with Gasteiger partial charge in [0.2, 0.25) is 0 Å². The van der Waals surface area contributed by atoms with Crippen LogP contribution in [0.15, 0.2) is 36.9 Å². The molecule has 23 heavy (non-hydrogen) atoms. The average molecular weight is 316 g/mol. The molecule has 1 fully saturated rings. The molecule has 2 heterocycles. The number of nitrogens with zero attached hydrogens (tertiary/aromatic N) is 1. The van der Waals surface area contributed by atoms with Gasteiger partial charge in [-0.05, 0) is 17.5 Å². The summed E-state index contributed by atoms with van der Waals surface area (Å²) in [7, 11) is 1.62. The average Bonchev–Trinajstić information content (AvgIpc) is 2.60. The van der Waals surface area contributed by atoms with Gasteiger partial charge in [-0.3, -0.25) is 4.79 Å². The lowest BCUT2D eigenvalue weighted by molar-refractivity contribution is -0.156. The summed E-state index contributed by atoms with van der Waals surface area (Å²) in [5, 5.41) is 0. The highest BCUT2D eigenvalue weighted by atomic mass is 16.5. The zero-order valence-corrected chi connectivity index (χ0v) is 13.5. The first-order valence-electron chi connectivity index (χ1n) is 8.06. The van der Waals surface area contributed by atoms with Crippen molar-refractivity contribution in [2.75, 3.05) is 20.3 Å². The Morgan fingerprint density at radius 3 is 2.96 bits per heavy atom. The van der Waals surface area contributed by atoms with E-state index in [0.29, 0.717) is 19.6 Å². The van der Waals surface area contributed by atoms with E-state index < -0.39 is 6.10 Å². The fraction of sp³-hybridized carbons (Fsp3) is 0.500. The molecule has 0 unspecified atom stereocenters. The Kier molecular flexibility index (Phi) is 4.80. The zero-order chi connectivity index (χ0) is 16.4. The predicted octanol–water partition coefficient (Wildman–Crippen LogP) is 1.43. The SMILES string of the molecule is C=C[C@H]1c2ccccc2CCN1C(=O)[C@H]1C[C@@H](N)[C@H](OC)CO1. The van der Waals surface area contributed by atoms with E-state index in [9.17, 15) is 4.79 Å². The quantitative estimate of drug-likeness (QED) is 0.857. The topological polar surface area (TPSA) is 64.8 Å². The molecule has 3 rings (SSSR count). The molecule has 0 spiro atoms. The molecular formula is C18H24N2O3. The highest BCUT2D eigenvalue weighted by molar-refractivity contribution is 5.82. The highest BCUT2D eigenvalue weighted by Gasteiger charge is 2.38. The number of carbonyl (C=O) groups is 1. The van der Waals surface area contributed by atoms with Gasteiger partial charge in [0.15, 0.2) is 0 Å². The Balaban J connectivity index is 1.76. The summed E-state index contributed by atoms with van der Waals surface area (Å²) >= 11 is 0. The number of methoxy groups -OCH3 is 1. The Morgan fingerprint density at radius 2 is 2.26 bits per heavy atom. The van der Waals surface area contributed by atoms with Crippen molar-refractivity contribution in [2.45, 2.75) is 37.1 Å². The van der Waals surface area contributed by atoms with Gasteiger partial charge in [-0.2, -0.15) is 0 Å². The second-order valence-corrected chi connectivity index (χ2v) is 6.16. The van der Waals surface area contributed by atoms with Gasteiger partial charge in [-0.1, -0.05) is 30.3 Å². The summed E-state index contributed by atoms with van der Waals surface area (Å²) < 4.78 is 11.0. The summed E-state index contributed by atoms with van der Waals surface area (Å²) in [6.07, 6.45) is 2.53. The van der Waals surface area contributed by atoms with Crippen molar-refractivity contribution in [3.05, 3.63) is 48.0 Å². The molecule has 0 bridgehead atoms. The highest BCUT2D eigenvalue weighted by Crippen LogP contribution is 2.32. The van der Waals surface area contributed by atoms with E-state index in [4.69, 9.17) is 15.2 Å². The summed E-state index contributed by atoms with van der Waals surface area (Å²) in [4.78, 5) is 14.8. The van der Waals surface area contributed by atoms with E-state index in [1.54, 1.807) is 7.11 Å². The van der Waals surface area contributed by atoms with Gasteiger partial charge in [0.25, 0.3) is 5.91 Å². The van der Waals surface area contributed by atoms with E-state index in [0.717, 1.165) is 12.0 Å². The normalized spacial score (nSPS) is 30.6. The number of benzene rings is 1. The van der Waals surface area contributed by atoms with E-state index in [-0.39, 0.29) is 24.1 Å². The van der Waals surface area contributed by atoms with Crippen molar-refractivity contribution in [3.63, 3.8) is 0 Å². The van der Waals surface area contributed by atoms with E-state index in [2.05, 4.69) is 18.7 Å². The maximum Gasteiger partial charge on any atom is 0.252 e. The Morgan fingerprint density at radius 1 is 1.48 bits per heavy atom. The molecule has 1 aromatic carbocycles.